The maximum Gasteiger partial charge on any atom is 0.312 e. The van der Waals surface area contributed by atoms with Gasteiger partial charge in [0.2, 0.25) is 0 Å². The van der Waals surface area contributed by atoms with Crippen LogP contribution in [0.4, 0.5) is 0 Å². The molecule has 0 spiro atoms. The monoisotopic (exact) mass is 710 g/mol. The number of hydrogen-bond acceptors (Lipinski definition) is 8. The van der Waals surface area contributed by atoms with Gasteiger partial charge in [-0.05, 0) is 67.3 Å². The molecule has 11 heteroatoms. The topological polar surface area (TPSA) is 147 Å². The van der Waals surface area contributed by atoms with Gasteiger partial charge in [0.1, 0.15) is 25.5 Å². The molecule has 1 aliphatic carbocycles. The smallest absolute Gasteiger partial charge is 0.312 e. The van der Waals surface area contributed by atoms with Crippen LogP contribution in [0.2, 0.25) is 0 Å². The Hall–Kier alpha value is -2.47. The molecule has 0 radical (unpaired) electrons. The average molecular weight is 711 g/mol. The highest BCUT2D eigenvalue weighted by Gasteiger charge is 2.41. The van der Waals surface area contributed by atoms with Crippen molar-refractivity contribution in [2.75, 3.05) is 52.8 Å². The summed E-state index contributed by atoms with van der Waals surface area (Å²) in [6.07, 6.45) is 6.44. The fraction of sp³-hybridized carbons (Fsp3) is 0.737. The number of aliphatic hydroxyl groups is 1. The van der Waals surface area contributed by atoms with E-state index >= 15 is 0 Å². The number of aromatic hydroxyl groups is 1. The summed E-state index contributed by atoms with van der Waals surface area (Å²) in [6.45, 7) is 15.4. The Balaban J connectivity index is 2.23. The fourth-order valence-electron chi connectivity index (χ4n) is 7.57. The Labute approximate surface area is 295 Å². The molecule has 3 N–H and O–H groups in total. The van der Waals surface area contributed by atoms with E-state index in [1.165, 1.54) is 0 Å². The highest BCUT2D eigenvalue weighted by atomic mass is 32.2. The number of phenolic OH excluding ortho intramolecular Hbond substituents is 1. The summed E-state index contributed by atoms with van der Waals surface area (Å²) in [6, 6.07) is 5.81. The average Bonchev–Trinajstić information content (AvgIpc) is 3.20. The van der Waals surface area contributed by atoms with E-state index in [1.807, 2.05) is 52.2 Å². The van der Waals surface area contributed by atoms with Gasteiger partial charge in [0.15, 0.2) is 0 Å². The molecule has 1 aliphatic rings. The number of carbonyl (C=O) groups excluding carboxylic acids is 2. The molecule has 1 aromatic rings. The standard InChI is InChI=1S/C38H63NO9S/c1-10-31(23-33-14-11-13-32(35(33)41)15-16-34-29(5)27(3)28(4)30(34)6)25-38(7,24-26(2)36(42)47-21-19-40)37(43)48-20-18-39(8,9)17-12-22-49(44,45)46/h11,13-16,26-31,34,40H,10,12,17-25H2,1-9H3,(H-,41,44,45,46)/p+1/b16-15+. The van der Waals surface area contributed by atoms with Crippen molar-refractivity contribution in [3.8, 4) is 5.75 Å². The summed E-state index contributed by atoms with van der Waals surface area (Å²) in [5.41, 5.74) is 0.535. The van der Waals surface area contributed by atoms with E-state index in [9.17, 15) is 23.1 Å². The molecule has 1 saturated carbocycles. The second-order valence-corrected chi connectivity index (χ2v) is 17.2. The number of quaternary nitrogens is 1. The summed E-state index contributed by atoms with van der Waals surface area (Å²) >= 11 is 0. The van der Waals surface area contributed by atoms with Crippen LogP contribution in [0.15, 0.2) is 24.3 Å². The zero-order valence-electron chi connectivity index (χ0n) is 31.4. The first-order valence-electron chi connectivity index (χ1n) is 18.0. The number of hydrogen-bond donors (Lipinski definition) is 3. The summed E-state index contributed by atoms with van der Waals surface area (Å²) in [7, 11) is -0.251. The third-order valence-corrected chi connectivity index (χ3v) is 12.1. The number of aliphatic hydroxyl groups excluding tert-OH is 1. The van der Waals surface area contributed by atoms with Crippen LogP contribution in [0, 0.1) is 46.8 Å². The molecule has 7 unspecified atom stereocenters. The van der Waals surface area contributed by atoms with E-state index < -0.39 is 33.4 Å². The SMILES string of the molecule is CCC(Cc1cccc(/C=C/C2C(C)C(C)C(C)C2C)c1O)CC(C)(CC(C)C(=O)OCCO)C(=O)OCC[N+](C)(C)CCCS(=O)(=O)O. The van der Waals surface area contributed by atoms with Gasteiger partial charge in [-0.3, -0.25) is 14.1 Å². The second kappa shape index (κ2) is 18.7. The zero-order chi connectivity index (χ0) is 37.2. The van der Waals surface area contributed by atoms with Gasteiger partial charge in [-0.1, -0.05) is 78.3 Å². The van der Waals surface area contributed by atoms with Gasteiger partial charge in [-0.2, -0.15) is 8.42 Å². The van der Waals surface area contributed by atoms with Gasteiger partial charge < -0.3 is 24.2 Å². The van der Waals surface area contributed by atoms with Crippen molar-refractivity contribution in [2.45, 2.75) is 80.6 Å². The first kappa shape index (κ1) is 42.7. The number of para-hydroxylation sites is 1. The predicted molar refractivity (Wildman–Crippen MR) is 193 cm³/mol. The lowest BCUT2D eigenvalue weighted by Gasteiger charge is -2.34. The third-order valence-electron chi connectivity index (χ3n) is 11.3. The number of benzene rings is 1. The largest absolute Gasteiger partial charge is 0.507 e. The second-order valence-electron chi connectivity index (χ2n) is 15.6. The Morgan fingerprint density at radius 3 is 2.20 bits per heavy atom. The Kier molecular flexibility index (Phi) is 16.3. The molecule has 2 rings (SSSR count). The number of phenols is 1. The lowest BCUT2D eigenvalue weighted by atomic mass is 9.73. The van der Waals surface area contributed by atoms with Crippen molar-refractivity contribution in [2.24, 2.45) is 46.8 Å². The quantitative estimate of drug-likeness (QED) is 0.0842. The maximum atomic E-state index is 13.8. The van der Waals surface area contributed by atoms with Crippen LogP contribution < -0.4 is 0 Å². The van der Waals surface area contributed by atoms with E-state index in [0.717, 1.165) is 17.5 Å². The molecule has 0 aromatic heterocycles. The number of nitrogens with zero attached hydrogens (tertiary/aromatic N) is 1. The van der Waals surface area contributed by atoms with Crippen molar-refractivity contribution >= 4 is 28.1 Å². The minimum absolute atomic E-state index is 0.00688. The normalized spacial score (nSPS) is 24.0. The molecule has 7 atom stereocenters. The lowest BCUT2D eigenvalue weighted by Crippen LogP contribution is -2.44. The number of carbonyl (C=O) groups is 2. The first-order chi connectivity index (χ1) is 22.7. The third kappa shape index (κ3) is 13.0. The van der Waals surface area contributed by atoms with Gasteiger partial charge in [-0.25, -0.2) is 0 Å². The highest BCUT2D eigenvalue weighted by Crippen LogP contribution is 2.46. The van der Waals surface area contributed by atoms with Crippen LogP contribution >= 0.6 is 0 Å². The van der Waals surface area contributed by atoms with Gasteiger partial charge in [-0.15, -0.1) is 0 Å². The Bertz CT molecular complexity index is 1350. The van der Waals surface area contributed by atoms with Crippen molar-refractivity contribution in [1.82, 2.24) is 0 Å². The van der Waals surface area contributed by atoms with Gasteiger partial charge in [0.25, 0.3) is 10.1 Å². The molecule has 0 bridgehead atoms. The summed E-state index contributed by atoms with van der Waals surface area (Å²) < 4.78 is 42.7. The van der Waals surface area contributed by atoms with Gasteiger partial charge in [0.05, 0.1) is 44.3 Å². The van der Waals surface area contributed by atoms with Crippen molar-refractivity contribution in [3.05, 3.63) is 35.4 Å². The lowest BCUT2D eigenvalue weighted by molar-refractivity contribution is -0.890. The molecule has 0 saturated heterocycles. The molecule has 0 aliphatic heterocycles. The molecule has 1 aromatic carbocycles. The minimum Gasteiger partial charge on any atom is -0.507 e. The van der Waals surface area contributed by atoms with Gasteiger partial charge >= 0.3 is 11.9 Å². The number of esters is 2. The van der Waals surface area contributed by atoms with Gasteiger partial charge in [0, 0.05) is 12.0 Å². The molecule has 10 nitrogen and oxygen atoms in total. The maximum absolute atomic E-state index is 13.8. The molecule has 0 heterocycles. The van der Waals surface area contributed by atoms with Crippen molar-refractivity contribution < 1.29 is 46.7 Å². The fourth-order valence-corrected chi connectivity index (χ4v) is 8.06. The van der Waals surface area contributed by atoms with Crippen LogP contribution in [0.25, 0.3) is 6.08 Å². The molecule has 1 fully saturated rings. The summed E-state index contributed by atoms with van der Waals surface area (Å²) in [4.78, 5) is 26.5. The predicted octanol–water partition coefficient (Wildman–Crippen LogP) is 6.00. The molecular weight excluding hydrogens is 646 g/mol. The van der Waals surface area contributed by atoms with E-state index in [4.69, 9.17) is 19.1 Å². The first-order valence-corrected chi connectivity index (χ1v) is 19.6. The van der Waals surface area contributed by atoms with Crippen molar-refractivity contribution in [3.63, 3.8) is 0 Å². The number of likely N-dealkylation sites (N-methyl/N-ethyl adjacent to an activating group) is 1. The highest BCUT2D eigenvalue weighted by molar-refractivity contribution is 7.85. The van der Waals surface area contributed by atoms with E-state index in [-0.39, 0.29) is 50.1 Å². The van der Waals surface area contributed by atoms with Crippen LogP contribution in [-0.4, -0.2) is 92.4 Å². The number of allylic oxidation sites excluding steroid dienone is 1. The molecular formula is C38H64NO9S+. The summed E-state index contributed by atoms with van der Waals surface area (Å²) in [5.74, 6) is 1.19. The van der Waals surface area contributed by atoms with Crippen LogP contribution in [0.1, 0.15) is 85.3 Å². The van der Waals surface area contributed by atoms with Crippen LogP contribution in [-0.2, 0) is 35.6 Å². The summed E-state index contributed by atoms with van der Waals surface area (Å²) in [5, 5.41) is 20.5. The zero-order valence-corrected chi connectivity index (χ0v) is 32.2. The van der Waals surface area contributed by atoms with Crippen LogP contribution in [0.3, 0.4) is 0 Å². The number of ether oxygens (including phenoxy) is 2. The van der Waals surface area contributed by atoms with E-state index in [1.54, 1.807) is 6.92 Å². The molecule has 0 amide bonds. The van der Waals surface area contributed by atoms with E-state index in [2.05, 4.69) is 33.8 Å². The Morgan fingerprint density at radius 1 is 1.00 bits per heavy atom. The minimum atomic E-state index is -4.05. The van der Waals surface area contributed by atoms with Crippen molar-refractivity contribution in [1.29, 1.82) is 0 Å². The molecule has 280 valence electrons. The Morgan fingerprint density at radius 2 is 1.63 bits per heavy atom. The van der Waals surface area contributed by atoms with E-state index in [0.29, 0.717) is 60.0 Å². The number of rotatable bonds is 20. The van der Waals surface area contributed by atoms with Crippen LogP contribution in [0.5, 0.6) is 5.75 Å². The molecule has 49 heavy (non-hydrogen) atoms.